The number of esters is 1. The zero-order valence-corrected chi connectivity index (χ0v) is 16.0. The van der Waals surface area contributed by atoms with Crippen LogP contribution in [0.1, 0.15) is 34.0 Å². The molecule has 6 rings (SSSR count). The van der Waals surface area contributed by atoms with Crippen LogP contribution in [0.3, 0.4) is 0 Å². The fraction of sp³-hybridized carbons (Fsp3) is 0.409. The number of carbonyl (C=O) groups is 1. The molecule has 7 nitrogen and oxygen atoms in total. The summed E-state index contributed by atoms with van der Waals surface area (Å²) in [5, 5.41) is 0. The smallest absolute Gasteiger partial charge is 0.374 e. The van der Waals surface area contributed by atoms with Gasteiger partial charge in [-0.15, -0.1) is 0 Å². The van der Waals surface area contributed by atoms with E-state index < -0.39 is 12.1 Å². The summed E-state index contributed by atoms with van der Waals surface area (Å²) < 4.78 is 27.8. The lowest BCUT2D eigenvalue weighted by atomic mass is 9.82. The van der Waals surface area contributed by atoms with Crippen molar-refractivity contribution in [1.29, 1.82) is 0 Å². The number of furan rings is 1. The van der Waals surface area contributed by atoms with E-state index in [1.54, 1.807) is 19.2 Å². The van der Waals surface area contributed by atoms with Gasteiger partial charge in [0.1, 0.15) is 6.10 Å². The van der Waals surface area contributed by atoms with E-state index in [-0.39, 0.29) is 30.6 Å². The molecule has 0 N–H and O–H groups in total. The Morgan fingerprint density at radius 3 is 2.90 bits per heavy atom. The van der Waals surface area contributed by atoms with Gasteiger partial charge in [-0.2, -0.15) is 0 Å². The molecule has 5 atom stereocenters. The second kappa shape index (κ2) is 6.37. The number of nitrogens with zero attached hydrogens (tertiary/aromatic N) is 1. The minimum absolute atomic E-state index is 0.193. The molecular weight excluding hydrogens is 374 g/mol. The summed E-state index contributed by atoms with van der Waals surface area (Å²) in [6.45, 7) is 2.11. The molecule has 1 aliphatic carbocycles. The van der Waals surface area contributed by atoms with Crippen molar-refractivity contribution in [3.8, 4) is 11.5 Å². The Bertz CT molecular complexity index is 997. The van der Waals surface area contributed by atoms with Crippen molar-refractivity contribution in [2.45, 2.75) is 37.1 Å². The van der Waals surface area contributed by atoms with E-state index in [1.807, 2.05) is 0 Å². The minimum Gasteiger partial charge on any atom is -0.457 e. The summed E-state index contributed by atoms with van der Waals surface area (Å²) in [5.41, 5.74) is 3.86. The molecule has 150 valence electrons. The van der Waals surface area contributed by atoms with Crippen molar-refractivity contribution in [3.05, 3.63) is 59.1 Å². The SMILES string of the molecule is CO[C@H]1C[C@H]2C(=C[C@@H]1OC(=O)c1ccco1)[C@H]1CN2Cc2cc3c(cc21)OCO3. The monoisotopic (exact) mass is 395 g/mol. The standard InChI is InChI=1S/C22H21NO6/c1-25-18-8-16-14(7-21(18)29-22(24)17-3-2-4-26-17)15-10-23(16)9-12-5-19-20(6-13(12)15)28-11-27-19/h2-7,15-16,18,21H,8-11H2,1H3/t15-,16-,18-,21-/m0/s1. The summed E-state index contributed by atoms with van der Waals surface area (Å²) in [6, 6.07) is 7.80. The van der Waals surface area contributed by atoms with Gasteiger partial charge in [-0.1, -0.05) is 0 Å². The van der Waals surface area contributed by atoms with Gasteiger partial charge in [0.15, 0.2) is 11.5 Å². The van der Waals surface area contributed by atoms with Gasteiger partial charge in [-0.25, -0.2) is 4.79 Å². The minimum atomic E-state index is -0.470. The quantitative estimate of drug-likeness (QED) is 0.585. The molecule has 1 aromatic heterocycles. The Kier molecular flexibility index (Phi) is 3.76. The first-order chi connectivity index (χ1) is 14.2. The molecule has 0 spiro atoms. The van der Waals surface area contributed by atoms with E-state index in [2.05, 4.69) is 23.1 Å². The summed E-state index contributed by atoms with van der Waals surface area (Å²) in [6.07, 6.45) is 3.71. The largest absolute Gasteiger partial charge is 0.457 e. The maximum atomic E-state index is 12.4. The normalized spacial score (nSPS) is 31.1. The summed E-state index contributed by atoms with van der Waals surface area (Å²) >= 11 is 0. The maximum absolute atomic E-state index is 12.4. The molecule has 0 amide bonds. The lowest BCUT2D eigenvalue weighted by molar-refractivity contribution is -0.0332. The first-order valence-electron chi connectivity index (χ1n) is 9.86. The molecule has 1 saturated heterocycles. The number of rotatable bonds is 3. The zero-order chi connectivity index (χ0) is 19.5. The molecule has 29 heavy (non-hydrogen) atoms. The molecule has 0 saturated carbocycles. The second-order valence-electron chi connectivity index (χ2n) is 7.93. The van der Waals surface area contributed by atoms with Crippen LogP contribution in [-0.2, 0) is 16.0 Å². The third-order valence-electron chi connectivity index (χ3n) is 6.48. The number of fused-ring (bicyclic) bond motifs is 8. The lowest BCUT2D eigenvalue weighted by Crippen LogP contribution is -2.42. The molecule has 1 unspecified atom stereocenters. The summed E-state index contributed by atoms with van der Waals surface area (Å²) in [5.74, 6) is 1.63. The number of hydrogen-bond acceptors (Lipinski definition) is 7. The van der Waals surface area contributed by atoms with Crippen LogP contribution in [0.4, 0.5) is 0 Å². The highest BCUT2D eigenvalue weighted by Gasteiger charge is 2.47. The van der Waals surface area contributed by atoms with E-state index in [4.69, 9.17) is 23.4 Å². The molecule has 4 heterocycles. The van der Waals surface area contributed by atoms with Gasteiger partial charge in [-0.3, -0.25) is 4.90 Å². The second-order valence-corrected chi connectivity index (χ2v) is 7.93. The van der Waals surface area contributed by atoms with E-state index in [9.17, 15) is 4.79 Å². The van der Waals surface area contributed by atoms with E-state index in [1.165, 1.54) is 23.0 Å². The first kappa shape index (κ1) is 17.1. The topological polar surface area (TPSA) is 70.4 Å². The van der Waals surface area contributed by atoms with Crippen LogP contribution in [0.2, 0.25) is 0 Å². The van der Waals surface area contributed by atoms with E-state index in [0.29, 0.717) is 0 Å². The van der Waals surface area contributed by atoms with Crippen LogP contribution in [0, 0.1) is 0 Å². The van der Waals surface area contributed by atoms with Gasteiger partial charge in [-0.05, 0) is 53.5 Å². The maximum Gasteiger partial charge on any atom is 0.374 e. The van der Waals surface area contributed by atoms with Gasteiger partial charge >= 0.3 is 5.97 Å². The third-order valence-corrected chi connectivity index (χ3v) is 6.48. The number of benzene rings is 1. The highest BCUT2D eigenvalue weighted by molar-refractivity contribution is 5.86. The molecule has 1 fully saturated rings. The molecule has 7 heteroatoms. The van der Waals surface area contributed by atoms with Gasteiger partial charge in [0, 0.05) is 32.2 Å². The van der Waals surface area contributed by atoms with Crippen molar-refractivity contribution in [3.63, 3.8) is 0 Å². The van der Waals surface area contributed by atoms with Crippen LogP contribution in [0.15, 0.2) is 46.6 Å². The van der Waals surface area contributed by atoms with Crippen LogP contribution >= 0.6 is 0 Å². The molecule has 2 bridgehead atoms. The van der Waals surface area contributed by atoms with Crippen molar-refractivity contribution < 1.29 is 28.2 Å². The Labute approximate surface area is 167 Å². The Balaban J connectivity index is 1.35. The Hall–Kier alpha value is -2.77. The van der Waals surface area contributed by atoms with Crippen molar-refractivity contribution in [2.75, 3.05) is 20.4 Å². The first-order valence-corrected chi connectivity index (χ1v) is 9.86. The van der Waals surface area contributed by atoms with E-state index >= 15 is 0 Å². The van der Waals surface area contributed by atoms with Crippen LogP contribution < -0.4 is 9.47 Å². The van der Waals surface area contributed by atoms with Crippen molar-refractivity contribution >= 4 is 5.97 Å². The fourth-order valence-corrected chi connectivity index (χ4v) is 5.12. The molecule has 2 aromatic rings. The Morgan fingerprint density at radius 2 is 2.10 bits per heavy atom. The number of hydrogen-bond donors (Lipinski definition) is 0. The summed E-state index contributed by atoms with van der Waals surface area (Å²) in [7, 11) is 1.67. The highest BCUT2D eigenvalue weighted by Crippen LogP contribution is 2.50. The number of carbonyl (C=O) groups excluding carboxylic acids is 1. The number of methoxy groups -OCH3 is 1. The molecule has 3 aliphatic heterocycles. The third kappa shape index (κ3) is 2.61. The predicted molar refractivity (Wildman–Crippen MR) is 101 cm³/mol. The highest BCUT2D eigenvalue weighted by atomic mass is 16.7. The van der Waals surface area contributed by atoms with Gasteiger partial charge in [0.25, 0.3) is 0 Å². The fourth-order valence-electron chi connectivity index (χ4n) is 5.12. The molecule has 1 aromatic carbocycles. The predicted octanol–water partition coefficient (Wildman–Crippen LogP) is 2.86. The average molecular weight is 395 g/mol. The van der Waals surface area contributed by atoms with Crippen molar-refractivity contribution in [2.24, 2.45) is 0 Å². The summed E-state index contributed by atoms with van der Waals surface area (Å²) in [4.78, 5) is 14.9. The molecule has 0 radical (unpaired) electrons. The zero-order valence-electron chi connectivity index (χ0n) is 16.0. The molecule has 4 aliphatic rings. The van der Waals surface area contributed by atoms with Gasteiger partial charge < -0.3 is 23.4 Å². The van der Waals surface area contributed by atoms with Crippen molar-refractivity contribution in [1.82, 2.24) is 4.90 Å². The van der Waals surface area contributed by atoms with Crippen LogP contribution in [0.25, 0.3) is 0 Å². The van der Waals surface area contributed by atoms with Gasteiger partial charge in [0.05, 0.1) is 12.4 Å². The Morgan fingerprint density at radius 1 is 1.24 bits per heavy atom. The van der Waals surface area contributed by atoms with Gasteiger partial charge in [0.2, 0.25) is 12.6 Å². The van der Waals surface area contributed by atoms with E-state index in [0.717, 1.165) is 31.0 Å². The average Bonchev–Trinajstić information content (AvgIpc) is 3.46. The number of ether oxygens (including phenoxy) is 4. The lowest BCUT2D eigenvalue weighted by Gasteiger charge is -2.34. The van der Waals surface area contributed by atoms with Crippen LogP contribution in [0.5, 0.6) is 11.5 Å². The molecular formula is C22H21NO6. The van der Waals surface area contributed by atoms with Crippen LogP contribution in [-0.4, -0.2) is 49.6 Å².